The van der Waals surface area contributed by atoms with Crippen molar-refractivity contribution >= 4 is 15.9 Å². The normalized spacial score (nSPS) is 37.4. The third kappa shape index (κ3) is 2.22. The first-order valence-corrected chi connectivity index (χ1v) is 6.52. The van der Waals surface area contributed by atoms with E-state index in [9.17, 15) is 0 Å². The largest absolute Gasteiger partial charge is 0.309 e. The van der Waals surface area contributed by atoms with Crippen molar-refractivity contribution in [2.75, 3.05) is 6.54 Å². The van der Waals surface area contributed by atoms with Crippen LogP contribution in [0, 0.1) is 17.8 Å². The van der Waals surface area contributed by atoms with Crippen molar-refractivity contribution in [3.63, 3.8) is 0 Å². The molecule has 2 fully saturated rings. The van der Waals surface area contributed by atoms with Crippen molar-refractivity contribution in [2.24, 2.45) is 17.8 Å². The Bertz CT molecular complexity index is 226. The minimum absolute atomic E-state index is 0.666. The third-order valence-electron chi connectivity index (χ3n) is 4.05. The van der Waals surface area contributed by atoms with Crippen molar-refractivity contribution < 1.29 is 0 Å². The van der Waals surface area contributed by atoms with E-state index in [4.69, 9.17) is 0 Å². The summed E-state index contributed by atoms with van der Waals surface area (Å²) in [5, 5.41) is 3.56. The van der Waals surface area contributed by atoms with Crippen LogP contribution in [-0.2, 0) is 0 Å². The second-order valence-corrected chi connectivity index (χ2v) is 6.15. The van der Waals surface area contributed by atoms with Crippen LogP contribution in [-0.4, -0.2) is 12.6 Å². The van der Waals surface area contributed by atoms with Gasteiger partial charge in [-0.05, 0) is 43.9 Å². The van der Waals surface area contributed by atoms with E-state index in [0.717, 1.165) is 28.8 Å². The first-order valence-electron chi connectivity index (χ1n) is 5.73. The van der Waals surface area contributed by atoms with Crippen LogP contribution in [0.25, 0.3) is 0 Å². The fourth-order valence-corrected chi connectivity index (χ4v) is 3.49. The van der Waals surface area contributed by atoms with Gasteiger partial charge in [-0.25, -0.2) is 0 Å². The highest BCUT2D eigenvalue weighted by molar-refractivity contribution is 9.11. The fourth-order valence-electron chi connectivity index (χ4n) is 3.33. The van der Waals surface area contributed by atoms with Crippen molar-refractivity contribution in [1.29, 1.82) is 0 Å². The van der Waals surface area contributed by atoms with Gasteiger partial charge in [0.2, 0.25) is 0 Å². The third-order valence-corrected chi connectivity index (χ3v) is 4.33. The van der Waals surface area contributed by atoms with E-state index in [1.807, 2.05) is 0 Å². The summed E-state index contributed by atoms with van der Waals surface area (Å²) < 4.78 is 1.06. The smallest absolute Gasteiger partial charge is 0.0268 e. The molecule has 4 unspecified atom stereocenters. The number of halogens is 1. The zero-order valence-corrected chi connectivity index (χ0v) is 10.5. The van der Waals surface area contributed by atoms with Gasteiger partial charge in [-0.15, -0.1) is 0 Å². The fraction of sp³-hybridized carbons (Fsp3) is 0.833. The maximum atomic E-state index is 3.86. The molecule has 2 rings (SSSR count). The van der Waals surface area contributed by atoms with Crippen LogP contribution >= 0.6 is 15.9 Å². The molecule has 1 nitrogen and oxygen atoms in total. The average Bonchev–Trinajstić information content (AvgIpc) is 2.74. The Morgan fingerprint density at radius 2 is 2.29 bits per heavy atom. The van der Waals surface area contributed by atoms with Crippen LogP contribution < -0.4 is 5.32 Å². The molecule has 0 aromatic heterocycles. The summed E-state index contributed by atoms with van der Waals surface area (Å²) in [6.07, 6.45) is 5.95. The lowest BCUT2D eigenvalue weighted by atomic mass is 9.84. The first kappa shape index (κ1) is 10.7. The van der Waals surface area contributed by atoms with Gasteiger partial charge in [0.15, 0.2) is 0 Å². The summed E-state index contributed by atoms with van der Waals surface area (Å²) >= 11 is 3.40. The molecule has 4 atom stereocenters. The van der Waals surface area contributed by atoms with E-state index >= 15 is 0 Å². The lowest BCUT2D eigenvalue weighted by Crippen LogP contribution is -2.36. The van der Waals surface area contributed by atoms with Crippen LogP contribution in [0.5, 0.6) is 0 Å². The summed E-state index contributed by atoms with van der Waals surface area (Å²) in [4.78, 5) is 0. The van der Waals surface area contributed by atoms with Gasteiger partial charge in [0.1, 0.15) is 0 Å². The first-order chi connectivity index (χ1) is 6.66. The minimum Gasteiger partial charge on any atom is -0.309 e. The lowest BCUT2D eigenvalue weighted by molar-refractivity contribution is 0.265. The molecule has 14 heavy (non-hydrogen) atoms. The molecule has 0 saturated heterocycles. The summed E-state index contributed by atoms with van der Waals surface area (Å²) in [7, 11) is 0. The molecular weight excluding hydrogens is 238 g/mol. The molecule has 0 aromatic rings. The van der Waals surface area contributed by atoms with E-state index in [0.29, 0.717) is 6.04 Å². The SMILES string of the molecule is C=C(Br)CNC(C)C1CC2CCC1C2. The highest BCUT2D eigenvalue weighted by Gasteiger charge is 2.41. The highest BCUT2D eigenvalue weighted by Crippen LogP contribution is 2.49. The Morgan fingerprint density at radius 3 is 2.79 bits per heavy atom. The zero-order valence-electron chi connectivity index (χ0n) is 8.93. The predicted molar refractivity (Wildman–Crippen MR) is 64.5 cm³/mol. The summed E-state index contributed by atoms with van der Waals surface area (Å²) in [6.45, 7) is 7.10. The molecule has 0 radical (unpaired) electrons. The van der Waals surface area contributed by atoms with Gasteiger partial charge >= 0.3 is 0 Å². The van der Waals surface area contributed by atoms with Crippen molar-refractivity contribution in [2.45, 2.75) is 38.6 Å². The van der Waals surface area contributed by atoms with Crippen molar-refractivity contribution in [3.05, 3.63) is 11.1 Å². The van der Waals surface area contributed by atoms with Crippen molar-refractivity contribution in [1.82, 2.24) is 5.32 Å². The number of hydrogen-bond donors (Lipinski definition) is 1. The minimum atomic E-state index is 0.666. The van der Waals surface area contributed by atoms with Gasteiger partial charge < -0.3 is 5.32 Å². The van der Waals surface area contributed by atoms with E-state index in [1.54, 1.807) is 0 Å². The predicted octanol–water partition coefficient (Wildman–Crippen LogP) is 3.31. The molecule has 2 saturated carbocycles. The standard InChI is InChI=1S/C12H20BrN/c1-8(13)7-14-9(2)12-6-10-3-4-11(12)5-10/h9-12,14H,1,3-7H2,2H3. The van der Waals surface area contributed by atoms with Gasteiger partial charge in [-0.2, -0.15) is 0 Å². The van der Waals surface area contributed by atoms with E-state index in [1.165, 1.54) is 25.7 Å². The molecule has 80 valence electrons. The van der Waals surface area contributed by atoms with Crippen LogP contribution in [0.15, 0.2) is 11.1 Å². The second-order valence-electron chi connectivity index (χ2n) is 5.03. The molecule has 1 N–H and O–H groups in total. The van der Waals surface area contributed by atoms with Crippen LogP contribution in [0.1, 0.15) is 32.6 Å². The molecule has 2 bridgehead atoms. The van der Waals surface area contributed by atoms with Crippen LogP contribution in [0.4, 0.5) is 0 Å². The van der Waals surface area contributed by atoms with E-state index in [2.05, 4.69) is 34.7 Å². The van der Waals surface area contributed by atoms with Gasteiger partial charge in [0, 0.05) is 17.1 Å². The second kappa shape index (κ2) is 4.36. The number of rotatable bonds is 4. The highest BCUT2D eigenvalue weighted by atomic mass is 79.9. The number of fused-ring (bicyclic) bond motifs is 2. The average molecular weight is 258 g/mol. The van der Waals surface area contributed by atoms with Gasteiger partial charge in [0.05, 0.1) is 0 Å². The van der Waals surface area contributed by atoms with Crippen LogP contribution in [0.3, 0.4) is 0 Å². The summed E-state index contributed by atoms with van der Waals surface area (Å²) in [5.74, 6) is 3.01. The molecule has 0 spiro atoms. The Morgan fingerprint density at radius 1 is 1.50 bits per heavy atom. The topological polar surface area (TPSA) is 12.0 Å². The molecule has 2 aliphatic carbocycles. The van der Waals surface area contributed by atoms with E-state index < -0.39 is 0 Å². The quantitative estimate of drug-likeness (QED) is 0.815. The monoisotopic (exact) mass is 257 g/mol. The van der Waals surface area contributed by atoms with Crippen molar-refractivity contribution in [3.8, 4) is 0 Å². The number of hydrogen-bond acceptors (Lipinski definition) is 1. The molecule has 0 aliphatic heterocycles. The van der Waals surface area contributed by atoms with Gasteiger partial charge in [-0.1, -0.05) is 28.9 Å². The molecule has 0 heterocycles. The molecule has 2 heteroatoms. The Hall–Kier alpha value is 0.180. The molecule has 2 aliphatic rings. The molecule has 0 amide bonds. The van der Waals surface area contributed by atoms with Gasteiger partial charge in [-0.3, -0.25) is 0 Å². The Balaban J connectivity index is 1.80. The summed E-state index contributed by atoms with van der Waals surface area (Å²) in [5.41, 5.74) is 0. The van der Waals surface area contributed by atoms with E-state index in [-0.39, 0.29) is 0 Å². The maximum Gasteiger partial charge on any atom is 0.0268 e. The lowest BCUT2D eigenvalue weighted by Gasteiger charge is -2.28. The Labute approximate surface area is 95.5 Å². The summed E-state index contributed by atoms with van der Waals surface area (Å²) in [6, 6.07) is 0.666. The Kier molecular flexibility index (Phi) is 3.33. The molecule has 0 aromatic carbocycles. The maximum absolute atomic E-state index is 3.86. The molecular formula is C12H20BrN. The van der Waals surface area contributed by atoms with Gasteiger partial charge in [0.25, 0.3) is 0 Å². The number of nitrogens with one attached hydrogen (secondary N) is 1. The zero-order chi connectivity index (χ0) is 10.1. The van der Waals surface area contributed by atoms with Crippen LogP contribution in [0.2, 0.25) is 0 Å².